The van der Waals surface area contributed by atoms with Crippen LogP contribution in [0.4, 0.5) is 0 Å². The predicted octanol–water partition coefficient (Wildman–Crippen LogP) is 6.11. The quantitative estimate of drug-likeness (QED) is 0.241. The Bertz CT molecular complexity index is 1330. The molecule has 3 rings (SSSR count). The average molecular weight is 543 g/mol. The highest BCUT2D eigenvalue weighted by Crippen LogP contribution is 2.37. The van der Waals surface area contributed by atoms with Gasteiger partial charge in [0.2, 0.25) is 5.43 Å². The molecule has 0 aliphatic carbocycles. The number of hydrogen-bond donors (Lipinski definition) is 0. The minimum atomic E-state index is -0.863. The number of esters is 1. The molecule has 6 nitrogen and oxygen atoms in total. The molecule has 1 aromatic carbocycles. The lowest BCUT2D eigenvalue weighted by molar-refractivity contribution is 0.0286. The van der Waals surface area contributed by atoms with Crippen molar-refractivity contribution in [3.63, 3.8) is 0 Å². The molecule has 0 aliphatic rings. The summed E-state index contributed by atoms with van der Waals surface area (Å²) < 4.78 is 13.9. The molecule has 3 aromatic rings. The van der Waals surface area contributed by atoms with Crippen LogP contribution < -0.4 is 5.43 Å². The molecule has 0 unspecified atom stereocenters. The second-order valence-electron chi connectivity index (χ2n) is 11.6. The van der Waals surface area contributed by atoms with E-state index in [2.05, 4.69) is 48.5 Å². The smallest absolute Gasteiger partial charge is 0.343 e. The highest BCUT2D eigenvalue weighted by Gasteiger charge is 2.36. The number of nitrogens with zero attached hydrogens (tertiary/aromatic N) is 2. The SMILES string of the molecule is CCOC(=O)c1cn([C@@H](C(C)C)C(C)(C)O[SiH2]C(C)(C)C)c2cnc(Cc3cccc(Cl)c3)cc2c1=O. The fourth-order valence-electron chi connectivity index (χ4n) is 4.78. The Morgan fingerprint density at radius 1 is 1.16 bits per heavy atom. The summed E-state index contributed by atoms with van der Waals surface area (Å²) in [5.74, 6) is -0.475. The van der Waals surface area contributed by atoms with Gasteiger partial charge in [0.05, 0.1) is 30.0 Å². The standard InChI is InChI=1S/C29H39ClN2O4Si/c1-9-35-27(34)23-17-32(26(18(2)3)29(7,8)36-37-28(4,5)6)24-16-31-21(15-22(24)25(23)33)14-19-11-10-12-20(30)13-19/h10-13,15-18,26H,9,14,37H2,1-8H3/t26-/m0/s1. The third kappa shape index (κ3) is 7.09. The lowest BCUT2D eigenvalue weighted by atomic mass is 9.88. The Labute approximate surface area is 227 Å². The van der Waals surface area contributed by atoms with E-state index in [4.69, 9.17) is 25.7 Å². The van der Waals surface area contributed by atoms with Crippen LogP contribution in [0.15, 0.2) is 47.5 Å². The molecule has 0 amide bonds. The van der Waals surface area contributed by atoms with E-state index in [9.17, 15) is 9.59 Å². The first-order valence-corrected chi connectivity index (χ1v) is 14.5. The van der Waals surface area contributed by atoms with Gasteiger partial charge in [0.1, 0.15) is 5.56 Å². The summed E-state index contributed by atoms with van der Waals surface area (Å²) in [6, 6.07) is 9.20. The van der Waals surface area contributed by atoms with E-state index >= 15 is 0 Å². The number of pyridine rings is 2. The van der Waals surface area contributed by atoms with E-state index in [1.54, 1.807) is 25.4 Å². The number of ether oxygens (including phenoxy) is 1. The Morgan fingerprint density at radius 2 is 1.86 bits per heavy atom. The molecule has 37 heavy (non-hydrogen) atoms. The summed E-state index contributed by atoms with van der Waals surface area (Å²) in [5, 5.41) is 1.20. The number of hydrogen-bond acceptors (Lipinski definition) is 5. The molecule has 0 spiro atoms. The monoisotopic (exact) mass is 542 g/mol. The van der Waals surface area contributed by atoms with E-state index in [-0.39, 0.29) is 34.6 Å². The summed E-state index contributed by atoms with van der Waals surface area (Å²) in [6.07, 6.45) is 3.88. The fourth-order valence-corrected chi connectivity index (χ4v) is 5.96. The number of benzene rings is 1. The summed E-state index contributed by atoms with van der Waals surface area (Å²) in [6.45, 7) is 16.9. The maximum Gasteiger partial charge on any atom is 0.343 e. The third-order valence-electron chi connectivity index (χ3n) is 6.27. The Balaban J connectivity index is 2.22. The van der Waals surface area contributed by atoms with Crippen LogP contribution in [0.3, 0.4) is 0 Å². The second-order valence-corrected chi connectivity index (χ2v) is 14.8. The van der Waals surface area contributed by atoms with Crippen molar-refractivity contribution in [3.8, 4) is 0 Å². The molecule has 0 saturated carbocycles. The van der Waals surface area contributed by atoms with Crippen LogP contribution in [0.1, 0.15) is 83.0 Å². The molecule has 200 valence electrons. The summed E-state index contributed by atoms with van der Waals surface area (Å²) in [4.78, 5) is 31.2. The van der Waals surface area contributed by atoms with E-state index in [0.29, 0.717) is 22.3 Å². The number of carbonyl (C=O) groups excluding carboxylic acids is 1. The second kappa shape index (κ2) is 11.5. The predicted molar refractivity (Wildman–Crippen MR) is 154 cm³/mol. The van der Waals surface area contributed by atoms with Crippen molar-refractivity contribution >= 4 is 38.2 Å². The molecule has 0 bridgehead atoms. The zero-order valence-electron chi connectivity index (χ0n) is 23.2. The highest BCUT2D eigenvalue weighted by atomic mass is 35.5. The zero-order chi connectivity index (χ0) is 27.5. The minimum absolute atomic E-state index is 0.0174. The minimum Gasteiger partial charge on any atom is -0.462 e. The number of carbonyl (C=O) groups is 1. The number of aromatic nitrogens is 2. The Morgan fingerprint density at radius 3 is 2.46 bits per heavy atom. The largest absolute Gasteiger partial charge is 0.462 e. The molecule has 2 heterocycles. The average Bonchev–Trinajstić information content (AvgIpc) is 2.79. The van der Waals surface area contributed by atoms with Gasteiger partial charge in [0, 0.05) is 28.7 Å². The fraction of sp³-hybridized carbons (Fsp3) is 0.483. The summed E-state index contributed by atoms with van der Waals surface area (Å²) >= 11 is 6.16. The number of halogens is 1. The van der Waals surface area contributed by atoms with Crippen molar-refractivity contribution < 1.29 is 14.0 Å². The van der Waals surface area contributed by atoms with Crippen molar-refractivity contribution in [2.45, 2.75) is 78.5 Å². The molecule has 1 atom stereocenters. The van der Waals surface area contributed by atoms with Crippen LogP contribution in [0.2, 0.25) is 10.1 Å². The van der Waals surface area contributed by atoms with Crippen LogP contribution in [0, 0.1) is 5.92 Å². The van der Waals surface area contributed by atoms with Crippen molar-refractivity contribution in [1.82, 2.24) is 9.55 Å². The highest BCUT2D eigenvalue weighted by molar-refractivity contribution is 6.31. The van der Waals surface area contributed by atoms with E-state index in [1.165, 1.54) is 0 Å². The molecule has 0 saturated heterocycles. The zero-order valence-corrected chi connectivity index (χ0v) is 25.4. The first-order valence-electron chi connectivity index (χ1n) is 12.8. The van der Waals surface area contributed by atoms with Crippen molar-refractivity contribution in [2.24, 2.45) is 5.92 Å². The van der Waals surface area contributed by atoms with Gasteiger partial charge in [-0.3, -0.25) is 9.78 Å². The van der Waals surface area contributed by atoms with Gasteiger partial charge in [-0.15, -0.1) is 0 Å². The van der Waals surface area contributed by atoms with Gasteiger partial charge in [-0.25, -0.2) is 4.79 Å². The Kier molecular flexibility index (Phi) is 9.04. The maximum absolute atomic E-state index is 13.6. The van der Waals surface area contributed by atoms with Crippen LogP contribution in [-0.2, 0) is 15.6 Å². The third-order valence-corrected chi connectivity index (χ3v) is 8.25. The van der Waals surface area contributed by atoms with Gasteiger partial charge < -0.3 is 13.7 Å². The van der Waals surface area contributed by atoms with Gasteiger partial charge in [-0.05, 0) is 55.5 Å². The van der Waals surface area contributed by atoms with E-state index in [1.807, 2.05) is 28.8 Å². The normalized spacial score (nSPS) is 13.6. The number of fused-ring (bicyclic) bond motifs is 1. The summed E-state index contributed by atoms with van der Waals surface area (Å²) in [7, 11) is -0.863. The number of rotatable bonds is 9. The van der Waals surface area contributed by atoms with Gasteiger partial charge >= 0.3 is 5.97 Å². The van der Waals surface area contributed by atoms with Crippen LogP contribution in [-0.4, -0.2) is 37.5 Å². The Hall–Kier alpha value is -2.48. The van der Waals surface area contributed by atoms with Crippen LogP contribution in [0.25, 0.3) is 10.9 Å². The lowest BCUT2D eigenvalue weighted by Crippen LogP contribution is -2.42. The van der Waals surface area contributed by atoms with Crippen LogP contribution in [0.5, 0.6) is 0 Å². The molecule has 2 aromatic heterocycles. The molecule has 0 aliphatic heterocycles. The van der Waals surface area contributed by atoms with E-state index < -0.39 is 21.3 Å². The van der Waals surface area contributed by atoms with Crippen molar-refractivity contribution in [2.75, 3.05) is 6.61 Å². The molecule has 0 N–H and O–H groups in total. The first kappa shape index (κ1) is 29.1. The first-order chi connectivity index (χ1) is 17.2. The van der Waals surface area contributed by atoms with Gasteiger partial charge in [0.15, 0.2) is 9.76 Å². The van der Waals surface area contributed by atoms with Crippen molar-refractivity contribution in [1.29, 1.82) is 0 Å². The van der Waals surface area contributed by atoms with Gasteiger partial charge in [0.25, 0.3) is 0 Å². The van der Waals surface area contributed by atoms with Gasteiger partial charge in [-0.1, -0.05) is 58.4 Å². The van der Waals surface area contributed by atoms with E-state index in [0.717, 1.165) is 11.3 Å². The molecular formula is C29H39ClN2O4Si. The van der Waals surface area contributed by atoms with Gasteiger partial charge in [-0.2, -0.15) is 0 Å². The molecular weight excluding hydrogens is 504 g/mol. The molecule has 8 heteroatoms. The topological polar surface area (TPSA) is 70.4 Å². The maximum atomic E-state index is 13.6. The molecule has 0 fully saturated rings. The van der Waals surface area contributed by atoms with Crippen molar-refractivity contribution in [3.05, 3.63) is 74.8 Å². The van der Waals surface area contributed by atoms with Crippen LogP contribution >= 0.6 is 11.6 Å². The summed E-state index contributed by atoms with van der Waals surface area (Å²) in [5.41, 5.74) is 1.49. The lowest BCUT2D eigenvalue weighted by Gasteiger charge is -2.41. The molecule has 0 radical (unpaired) electrons.